The van der Waals surface area contributed by atoms with Crippen LogP contribution < -0.4 is 5.32 Å². The zero-order valence-corrected chi connectivity index (χ0v) is 22.5. The average molecular weight is 567 g/mol. The van der Waals surface area contributed by atoms with Crippen molar-refractivity contribution in [2.24, 2.45) is 0 Å². The molecule has 4 aromatic carbocycles. The fourth-order valence-electron chi connectivity index (χ4n) is 3.85. The van der Waals surface area contributed by atoms with Gasteiger partial charge in [-0.3, -0.25) is 9.59 Å². The number of anilines is 1. The van der Waals surface area contributed by atoms with Crippen molar-refractivity contribution in [2.75, 3.05) is 18.4 Å². The van der Waals surface area contributed by atoms with Gasteiger partial charge in [-0.05, 0) is 54.4 Å². The van der Waals surface area contributed by atoms with E-state index in [9.17, 15) is 18.0 Å². The van der Waals surface area contributed by atoms with E-state index < -0.39 is 22.5 Å². The largest absolute Gasteiger partial charge is 0.324 e. The van der Waals surface area contributed by atoms with Crippen molar-refractivity contribution in [3.63, 3.8) is 0 Å². The van der Waals surface area contributed by atoms with Crippen LogP contribution in [0.1, 0.15) is 21.5 Å². The summed E-state index contributed by atoms with van der Waals surface area (Å²) in [4.78, 5) is 26.3. The standard InChI is InChI=1S/C29H24Cl2N2O4S/c30-23-11-14-25(15-12-23)38(36,37)33(18-17-21-7-3-1-4-8-21)20-28(34)32-27-16-13-24(31)19-26(27)29(35)22-9-5-2-6-10-22/h1-16,19H,17-18,20H2,(H,32,34). The maximum atomic E-state index is 13.5. The van der Waals surface area contributed by atoms with Crippen LogP contribution >= 0.6 is 23.2 Å². The Hall–Kier alpha value is -3.49. The number of carbonyl (C=O) groups is 2. The third kappa shape index (κ3) is 6.88. The SMILES string of the molecule is O=C(CN(CCc1ccccc1)S(=O)(=O)c1ccc(Cl)cc1)Nc1ccc(Cl)cc1C(=O)c1ccccc1. The van der Waals surface area contributed by atoms with Crippen LogP contribution in [0.15, 0.2) is 108 Å². The Morgan fingerprint density at radius 2 is 1.37 bits per heavy atom. The molecule has 0 unspecified atom stereocenters. The lowest BCUT2D eigenvalue weighted by atomic mass is 10.0. The van der Waals surface area contributed by atoms with Crippen molar-refractivity contribution in [3.05, 3.63) is 130 Å². The highest BCUT2D eigenvalue weighted by atomic mass is 35.5. The predicted molar refractivity (Wildman–Crippen MR) is 150 cm³/mol. The van der Waals surface area contributed by atoms with E-state index in [0.717, 1.165) is 9.87 Å². The second-order valence-electron chi connectivity index (χ2n) is 8.46. The minimum absolute atomic E-state index is 0.0224. The molecule has 0 fully saturated rings. The highest BCUT2D eigenvalue weighted by Crippen LogP contribution is 2.25. The first-order valence-electron chi connectivity index (χ1n) is 11.7. The monoisotopic (exact) mass is 566 g/mol. The van der Waals surface area contributed by atoms with Crippen LogP contribution in [0.25, 0.3) is 0 Å². The first-order chi connectivity index (χ1) is 18.2. The number of sulfonamides is 1. The van der Waals surface area contributed by atoms with Crippen LogP contribution in [0.3, 0.4) is 0 Å². The molecule has 1 amide bonds. The zero-order valence-electron chi connectivity index (χ0n) is 20.2. The number of amides is 1. The molecule has 0 aliphatic carbocycles. The molecule has 4 aromatic rings. The normalized spacial score (nSPS) is 11.3. The van der Waals surface area contributed by atoms with Crippen LogP contribution in [-0.2, 0) is 21.2 Å². The van der Waals surface area contributed by atoms with Gasteiger partial charge in [0, 0.05) is 27.7 Å². The van der Waals surface area contributed by atoms with E-state index in [1.54, 1.807) is 36.4 Å². The molecule has 0 spiro atoms. The fraction of sp³-hybridized carbons (Fsp3) is 0.103. The highest BCUT2D eigenvalue weighted by Gasteiger charge is 2.27. The first kappa shape index (κ1) is 27.5. The lowest BCUT2D eigenvalue weighted by Gasteiger charge is -2.22. The summed E-state index contributed by atoms with van der Waals surface area (Å²) in [5.41, 5.74) is 1.80. The quantitative estimate of drug-likeness (QED) is 0.235. The number of carbonyl (C=O) groups excluding carboxylic acids is 2. The molecule has 194 valence electrons. The maximum absolute atomic E-state index is 13.5. The van der Waals surface area contributed by atoms with E-state index in [1.165, 1.54) is 36.4 Å². The van der Waals surface area contributed by atoms with Crippen molar-refractivity contribution in [1.82, 2.24) is 4.31 Å². The lowest BCUT2D eigenvalue weighted by molar-refractivity contribution is -0.116. The fourth-order valence-corrected chi connectivity index (χ4v) is 5.54. The van der Waals surface area contributed by atoms with Crippen molar-refractivity contribution < 1.29 is 18.0 Å². The van der Waals surface area contributed by atoms with Crippen molar-refractivity contribution in [1.29, 1.82) is 0 Å². The molecule has 0 aliphatic rings. The molecular weight excluding hydrogens is 543 g/mol. The van der Waals surface area contributed by atoms with Gasteiger partial charge in [-0.2, -0.15) is 4.31 Å². The summed E-state index contributed by atoms with van der Waals surface area (Å²) in [5, 5.41) is 3.43. The molecule has 1 N–H and O–H groups in total. The number of benzene rings is 4. The number of nitrogens with one attached hydrogen (secondary N) is 1. The Labute approximate surface area is 231 Å². The third-order valence-corrected chi connectivity index (χ3v) is 8.15. The van der Waals surface area contributed by atoms with Gasteiger partial charge in [-0.1, -0.05) is 83.9 Å². The summed E-state index contributed by atoms with van der Waals surface area (Å²) in [6.07, 6.45) is 0.402. The first-order valence-corrected chi connectivity index (χ1v) is 13.9. The third-order valence-electron chi connectivity index (χ3n) is 5.80. The minimum Gasteiger partial charge on any atom is -0.324 e. The average Bonchev–Trinajstić information content (AvgIpc) is 2.93. The van der Waals surface area contributed by atoms with Gasteiger partial charge >= 0.3 is 0 Å². The van der Waals surface area contributed by atoms with Crippen LogP contribution in [-0.4, -0.2) is 37.5 Å². The number of ketones is 1. The van der Waals surface area contributed by atoms with Crippen molar-refractivity contribution >= 4 is 50.6 Å². The summed E-state index contributed by atoms with van der Waals surface area (Å²) in [6, 6.07) is 28.3. The number of nitrogens with zero attached hydrogens (tertiary/aromatic N) is 1. The van der Waals surface area contributed by atoms with Gasteiger partial charge in [0.15, 0.2) is 5.78 Å². The van der Waals surface area contributed by atoms with Gasteiger partial charge in [0.1, 0.15) is 0 Å². The summed E-state index contributed by atoms with van der Waals surface area (Å²) in [5.74, 6) is -0.918. The van der Waals surface area contributed by atoms with E-state index in [-0.39, 0.29) is 28.5 Å². The van der Waals surface area contributed by atoms with Gasteiger partial charge in [0.25, 0.3) is 0 Å². The smallest absolute Gasteiger partial charge is 0.243 e. The number of hydrogen-bond donors (Lipinski definition) is 1. The van der Waals surface area contributed by atoms with Crippen molar-refractivity contribution in [2.45, 2.75) is 11.3 Å². The Kier molecular flexibility index (Phi) is 8.97. The lowest BCUT2D eigenvalue weighted by Crippen LogP contribution is -2.39. The van der Waals surface area contributed by atoms with Crippen LogP contribution in [0.5, 0.6) is 0 Å². The molecule has 0 atom stereocenters. The Bertz CT molecular complexity index is 1530. The topological polar surface area (TPSA) is 83.6 Å². The zero-order chi connectivity index (χ0) is 27.1. The molecule has 0 saturated carbocycles. The molecule has 0 bridgehead atoms. The van der Waals surface area contributed by atoms with Crippen molar-refractivity contribution in [3.8, 4) is 0 Å². The van der Waals surface area contributed by atoms with Crippen LogP contribution in [0.4, 0.5) is 5.69 Å². The van der Waals surface area contributed by atoms with Gasteiger partial charge in [0.05, 0.1) is 17.1 Å². The van der Waals surface area contributed by atoms with Gasteiger partial charge in [-0.25, -0.2) is 8.42 Å². The molecular formula is C29H24Cl2N2O4S. The maximum Gasteiger partial charge on any atom is 0.243 e. The molecule has 0 radical (unpaired) electrons. The highest BCUT2D eigenvalue weighted by molar-refractivity contribution is 7.89. The molecule has 38 heavy (non-hydrogen) atoms. The van der Waals surface area contributed by atoms with E-state index >= 15 is 0 Å². The van der Waals surface area contributed by atoms with E-state index in [0.29, 0.717) is 22.0 Å². The summed E-state index contributed by atoms with van der Waals surface area (Å²) >= 11 is 12.1. The second-order valence-corrected chi connectivity index (χ2v) is 11.3. The van der Waals surface area contributed by atoms with E-state index in [2.05, 4.69) is 5.32 Å². The molecule has 0 aromatic heterocycles. The van der Waals surface area contributed by atoms with Crippen LogP contribution in [0, 0.1) is 0 Å². The summed E-state index contributed by atoms with van der Waals surface area (Å²) in [6.45, 7) is -0.391. The predicted octanol–water partition coefficient (Wildman–Crippen LogP) is 6.10. The molecule has 9 heteroatoms. The molecule has 0 aliphatic heterocycles. The molecule has 0 saturated heterocycles. The number of rotatable bonds is 10. The van der Waals surface area contributed by atoms with Crippen LogP contribution in [0.2, 0.25) is 10.0 Å². The second kappa shape index (κ2) is 12.4. The van der Waals surface area contributed by atoms with Gasteiger partial charge in [0.2, 0.25) is 15.9 Å². The molecule has 0 heterocycles. The number of halogens is 2. The Morgan fingerprint density at radius 3 is 2.03 bits per heavy atom. The summed E-state index contributed by atoms with van der Waals surface area (Å²) < 4.78 is 28.1. The summed E-state index contributed by atoms with van der Waals surface area (Å²) in [7, 11) is -4.03. The minimum atomic E-state index is -4.03. The van der Waals surface area contributed by atoms with E-state index in [4.69, 9.17) is 23.2 Å². The molecule has 6 nitrogen and oxygen atoms in total. The molecule has 4 rings (SSSR count). The Morgan fingerprint density at radius 1 is 0.763 bits per heavy atom. The van der Waals surface area contributed by atoms with Gasteiger partial charge < -0.3 is 5.32 Å². The Balaban J connectivity index is 1.59. The van der Waals surface area contributed by atoms with E-state index in [1.807, 2.05) is 30.3 Å². The number of hydrogen-bond acceptors (Lipinski definition) is 4. The van der Waals surface area contributed by atoms with Gasteiger partial charge in [-0.15, -0.1) is 0 Å².